The number of benzene rings is 1. The summed E-state index contributed by atoms with van der Waals surface area (Å²) in [5, 5.41) is 10.0. The molecule has 0 radical (unpaired) electrons. The second-order valence-electron chi connectivity index (χ2n) is 4.27. The molecule has 1 saturated carbocycles. The first-order valence-corrected chi connectivity index (χ1v) is 5.71. The van der Waals surface area contributed by atoms with Crippen LogP contribution in [0.15, 0.2) is 12.1 Å². The first kappa shape index (κ1) is 11.6. The average Bonchev–Trinajstić information content (AvgIpc) is 2.90. The predicted octanol–water partition coefficient (Wildman–Crippen LogP) is 3.80. The highest BCUT2D eigenvalue weighted by molar-refractivity contribution is 6.35. The molecule has 0 bridgehead atoms. The molecule has 1 aliphatic rings. The largest absolute Gasteiger partial charge is 0.495 e. The third-order valence-electron chi connectivity index (χ3n) is 3.22. The zero-order valence-electron chi connectivity index (χ0n) is 9.05. The monoisotopic (exact) mass is 255 g/mol. The molecule has 0 spiro atoms. The van der Waals surface area contributed by atoms with Crippen molar-refractivity contribution in [3.8, 4) is 11.8 Å². The van der Waals surface area contributed by atoms with E-state index < -0.39 is 0 Å². The smallest absolute Gasteiger partial charge is 0.141 e. The summed E-state index contributed by atoms with van der Waals surface area (Å²) in [5.74, 6) is 0.655. The molecule has 0 saturated heterocycles. The van der Waals surface area contributed by atoms with Gasteiger partial charge in [0.2, 0.25) is 0 Å². The van der Waals surface area contributed by atoms with Crippen LogP contribution in [0.4, 0.5) is 0 Å². The van der Waals surface area contributed by atoms with Gasteiger partial charge in [-0.25, -0.2) is 0 Å². The van der Waals surface area contributed by atoms with Gasteiger partial charge in [0.25, 0.3) is 0 Å². The SMILES string of the molecule is COc1c(Cl)cc(Cl)cc1C1(C)CC1C#N. The lowest BCUT2D eigenvalue weighted by molar-refractivity contribution is 0.405. The zero-order valence-corrected chi connectivity index (χ0v) is 10.6. The molecule has 1 aliphatic carbocycles. The van der Waals surface area contributed by atoms with Crippen LogP contribution in [-0.4, -0.2) is 7.11 Å². The Balaban J connectivity index is 2.53. The van der Waals surface area contributed by atoms with Crippen molar-refractivity contribution in [2.24, 2.45) is 5.92 Å². The van der Waals surface area contributed by atoms with Crippen molar-refractivity contribution in [1.29, 1.82) is 5.26 Å². The van der Waals surface area contributed by atoms with Gasteiger partial charge in [-0.3, -0.25) is 0 Å². The highest BCUT2D eigenvalue weighted by Gasteiger charge is 2.53. The maximum Gasteiger partial charge on any atom is 0.141 e. The number of nitriles is 1. The fourth-order valence-electron chi connectivity index (χ4n) is 2.04. The van der Waals surface area contributed by atoms with E-state index in [0.29, 0.717) is 15.8 Å². The molecule has 16 heavy (non-hydrogen) atoms. The van der Waals surface area contributed by atoms with Crippen molar-refractivity contribution in [2.45, 2.75) is 18.8 Å². The minimum absolute atomic E-state index is 0.0240. The molecule has 2 unspecified atom stereocenters. The van der Waals surface area contributed by atoms with Crippen molar-refractivity contribution in [3.05, 3.63) is 27.7 Å². The van der Waals surface area contributed by atoms with Crippen LogP contribution >= 0.6 is 23.2 Å². The van der Waals surface area contributed by atoms with Gasteiger partial charge in [0.15, 0.2) is 0 Å². The molecule has 4 heteroatoms. The number of methoxy groups -OCH3 is 1. The van der Waals surface area contributed by atoms with Crippen molar-refractivity contribution in [3.63, 3.8) is 0 Å². The minimum Gasteiger partial charge on any atom is -0.495 e. The van der Waals surface area contributed by atoms with Crippen LogP contribution in [0.2, 0.25) is 10.0 Å². The molecule has 84 valence electrons. The molecule has 1 aromatic rings. The van der Waals surface area contributed by atoms with E-state index in [-0.39, 0.29) is 11.3 Å². The first-order chi connectivity index (χ1) is 7.52. The van der Waals surface area contributed by atoms with E-state index in [0.717, 1.165) is 12.0 Å². The maximum atomic E-state index is 8.95. The standard InChI is InChI=1S/C12H11Cl2NO/c1-12(5-7(12)6-15)9-3-8(13)4-10(14)11(9)16-2/h3-4,7H,5H2,1-2H3. The average molecular weight is 256 g/mol. The molecular weight excluding hydrogens is 245 g/mol. The van der Waals surface area contributed by atoms with Gasteiger partial charge < -0.3 is 4.74 Å². The van der Waals surface area contributed by atoms with E-state index in [9.17, 15) is 0 Å². The summed E-state index contributed by atoms with van der Waals surface area (Å²) in [7, 11) is 1.58. The number of halogens is 2. The van der Waals surface area contributed by atoms with E-state index in [4.69, 9.17) is 33.2 Å². The Kier molecular flexibility index (Phi) is 2.77. The van der Waals surface area contributed by atoms with Crippen LogP contribution in [0.25, 0.3) is 0 Å². The van der Waals surface area contributed by atoms with Crippen molar-refractivity contribution < 1.29 is 4.74 Å². The summed E-state index contributed by atoms with van der Waals surface area (Å²) in [5.41, 5.74) is 0.758. The topological polar surface area (TPSA) is 33.0 Å². The van der Waals surface area contributed by atoms with Crippen molar-refractivity contribution in [1.82, 2.24) is 0 Å². The number of hydrogen-bond donors (Lipinski definition) is 0. The fourth-order valence-corrected chi connectivity index (χ4v) is 2.61. The second-order valence-corrected chi connectivity index (χ2v) is 5.12. The summed E-state index contributed by atoms with van der Waals surface area (Å²) in [6.45, 7) is 2.03. The summed E-state index contributed by atoms with van der Waals surface area (Å²) in [6, 6.07) is 5.76. The lowest BCUT2D eigenvalue weighted by atomic mass is 9.95. The van der Waals surface area contributed by atoms with E-state index >= 15 is 0 Å². The van der Waals surface area contributed by atoms with E-state index in [1.165, 1.54) is 0 Å². The van der Waals surface area contributed by atoms with Gasteiger partial charge >= 0.3 is 0 Å². The normalized spacial score (nSPS) is 27.3. The fraction of sp³-hybridized carbons (Fsp3) is 0.417. The summed E-state index contributed by atoms with van der Waals surface area (Å²) < 4.78 is 5.29. The lowest BCUT2D eigenvalue weighted by Crippen LogP contribution is -2.06. The highest BCUT2D eigenvalue weighted by Crippen LogP contribution is 2.57. The third-order valence-corrected chi connectivity index (χ3v) is 3.72. The summed E-state index contributed by atoms with van der Waals surface area (Å²) >= 11 is 12.0. The molecule has 2 nitrogen and oxygen atoms in total. The summed E-state index contributed by atoms with van der Waals surface area (Å²) in [4.78, 5) is 0. The van der Waals surface area contributed by atoms with Gasteiger partial charge in [0.05, 0.1) is 24.1 Å². The Morgan fingerprint density at radius 3 is 2.69 bits per heavy atom. The highest BCUT2D eigenvalue weighted by atomic mass is 35.5. The molecule has 0 aliphatic heterocycles. The number of hydrogen-bond acceptors (Lipinski definition) is 2. The van der Waals surface area contributed by atoms with Crippen LogP contribution in [0, 0.1) is 17.2 Å². The van der Waals surface area contributed by atoms with Crippen LogP contribution in [0.1, 0.15) is 18.9 Å². The first-order valence-electron chi connectivity index (χ1n) is 4.96. The van der Waals surface area contributed by atoms with Gasteiger partial charge in [-0.1, -0.05) is 30.1 Å². The molecule has 0 N–H and O–H groups in total. The van der Waals surface area contributed by atoms with Gasteiger partial charge in [-0.2, -0.15) is 5.26 Å². The Morgan fingerprint density at radius 2 is 2.19 bits per heavy atom. The second kappa shape index (κ2) is 3.84. The Labute approximate surface area is 105 Å². The third kappa shape index (κ3) is 1.65. The quantitative estimate of drug-likeness (QED) is 0.806. The Hall–Kier alpha value is -0.910. The van der Waals surface area contributed by atoms with E-state index in [1.807, 2.05) is 13.0 Å². The lowest BCUT2D eigenvalue weighted by Gasteiger charge is -2.16. The minimum atomic E-state index is -0.172. The Bertz CT molecular complexity index is 481. The van der Waals surface area contributed by atoms with Crippen LogP contribution < -0.4 is 4.74 Å². The number of nitrogens with zero attached hydrogens (tertiary/aromatic N) is 1. The molecule has 1 aromatic carbocycles. The van der Waals surface area contributed by atoms with Gasteiger partial charge in [0, 0.05) is 16.0 Å². The number of ether oxygens (including phenoxy) is 1. The molecular formula is C12H11Cl2NO. The van der Waals surface area contributed by atoms with E-state index in [2.05, 4.69) is 6.07 Å². The molecule has 0 aromatic heterocycles. The molecule has 1 fully saturated rings. The zero-order chi connectivity index (χ0) is 11.9. The molecule has 2 rings (SSSR count). The van der Waals surface area contributed by atoms with Crippen LogP contribution in [0.3, 0.4) is 0 Å². The van der Waals surface area contributed by atoms with Crippen LogP contribution in [-0.2, 0) is 5.41 Å². The van der Waals surface area contributed by atoms with E-state index in [1.54, 1.807) is 13.2 Å². The maximum absolute atomic E-state index is 8.95. The molecule has 0 heterocycles. The summed E-state index contributed by atoms with van der Waals surface area (Å²) in [6.07, 6.45) is 0.830. The van der Waals surface area contributed by atoms with Gasteiger partial charge in [-0.05, 0) is 18.6 Å². The number of rotatable bonds is 2. The van der Waals surface area contributed by atoms with Crippen molar-refractivity contribution >= 4 is 23.2 Å². The van der Waals surface area contributed by atoms with Gasteiger partial charge in [-0.15, -0.1) is 0 Å². The Morgan fingerprint density at radius 1 is 1.50 bits per heavy atom. The van der Waals surface area contributed by atoms with Gasteiger partial charge in [0.1, 0.15) is 5.75 Å². The predicted molar refractivity (Wildman–Crippen MR) is 64.1 cm³/mol. The molecule has 2 atom stereocenters. The van der Waals surface area contributed by atoms with Crippen molar-refractivity contribution in [2.75, 3.05) is 7.11 Å². The van der Waals surface area contributed by atoms with Crippen LogP contribution in [0.5, 0.6) is 5.75 Å². The molecule has 0 amide bonds.